The number of hydrogen-bond donors (Lipinski definition) is 2. The summed E-state index contributed by atoms with van der Waals surface area (Å²) in [6.07, 6.45) is 7.59. The number of nitrogens with one attached hydrogen (secondary N) is 1. The molecule has 4 heteroatoms. The molecule has 1 fully saturated rings. The zero-order chi connectivity index (χ0) is 13.8. The standard InChI is InChI=1S/C16H22N4/c17-11-13-6-3-7-15(13)18-12-14-5-1-2-8-16(14)20-10-4-9-19-20/h1-2,4-5,8-10,13,15,18H,3,6-7,11-12,17H2. The van der Waals surface area contributed by atoms with Crippen LogP contribution in [-0.4, -0.2) is 22.4 Å². The van der Waals surface area contributed by atoms with Gasteiger partial charge in [-0.1, -0.05) is 24.6 Å². The van der Waals surface area contributed by atoms with Crippen LogP contribution in [0.25, 0.3) is 5.69 Å². The number of rotatable bonds is 5. The summed E-state index contributed by atoms with van der Waals surface area (Å²) in [6, 6.07) is 10.9. The number of nitrogens with zero attached hydrogens (tertiary/aromatic N) is 2. The monoisotopic (exact) mass is 270 g/mol. The predicted molar refractivity (Wildman–Crippen MR) is 80.6 cm³/mol. The van der Waals surface area contributed by atoms with Crippen molar-refractivity contribution in [3.63, 3.8) is 0 Å². The van der Waals surface area contributed by atoms with Crippen LogP contribution in [0.15, 0.2) is 42.7 Å². The summed E-state index contributed by atoms with van der Waals surface area (Å²) in [5.74, 6) is 0.631. The van der Waals surface area contributed by atoms with Crippen molar-refractivity contribution in [1.29, 1.82) is 0 Å². The van der Waals surface area contributed by atoms with Crippen LogP contribution in [0, 0.1) is 5.92 Å². The van der Waals surface area contributed by atoms with Crippen molar-refractivity contribution in [2.45, 2.75) is 31.8 Å². The first-order valence-electron chi connectivity index (χ1n) is 7.40. The van der Waals surface area contributed by atoms with Crippen molar-refractivity contribution in [3.05, 3.63) is 48.3 Å². The van der Waals surface area contributed by atoms with Gasteiger partial charge in [-0.05, 0) is 43.0 Å². The lowest BCUT2D eigenvalue weighted by atomic mass is 10.0. The highest BCUT2D eigenvalue weighted by Gasteiger charge is 2.25. The van der Waals surface area contributed by atoms with E-state index < -0.39 is 0 Å². The fourth-order valence-corrected chi connectivity index (χ4v) is 3.12. The van der Waals surface area contributed by atoms with E-state index >= 15 is 0 Å². The van der Waals surface area contributed by atoms with Crippen molar-refractivity contribution in [2.24, 2.45) is 11.7 Å². The number of aromatic nitrogens is 2. The Bertz CT molecular complexity index is 535. The summed E-state index contributed by atoms with van der Waals surface area (Å²) in [7, 11) is 0. The molecule has 4 nitrogen and oxygen atoms in total. The first-order valence-corrected chi connectivity index (χ1v) is 7.40. The van der Waals surface area contributed by atoms with E-state index in [-0.39, 0.29) is 0 Å². The Morgan fingerprint density at radius 3 is 2.95 bits per heavy atom. The van der Waals surface area contributed by atoms with E-state index in [4.69, 9.17) is 5.73 Å². The van der Waals surface area contributed by atoms with Crippen LogP contribution < -0.4 is 11.1 Å². The van der Waals surface area contributed by atoms with Gasteiger partial charge in [-0.2, -0.15) is 5.10 Å². The molecule has 106 valence electrons. The maximum absolute atomic E-state index is 5.85. The van der Waals surface area contributed by atoms with E-state index in [0.717, 1.165) is 18.8 Å². The largest absolute Gasteiger partial charge is 0.330 e. The summed E-state index contributed by atoms with van der Waals surface area (Å²) in [5, 5.41) is 8.01. The molecule has 1 aromatic carbocycles. The van der Waals surface area contributed by atoms with Crippen LogP contribution >= 0.6 is 0 Å². The van der Waals surface area contributed by atoms with Crippen molar-refractivity contribution in [2.75, 3.05) is 6.54 Å². The zero-order valence-corrected chi connectivity index (χ0v) is 11.7. The smallest absolute Gasteiger partial charge is 0.0690 e. The van der Waals surface area contributed by atoms with E-state index in [0.29, 0.717) is 12.0 Å². The third-order valence-electron chi connectivity index (χ3n) is 4.26. The molecule has 2 aromatic rings. The molecule has 0 amide bonds. The topological polar surface area (TPSA) is 55.9 Å². The molecule has 0 spiro atoms. The average molecular weight is 270 g/mol. The Labute approximate surface area is 120 Å². The van der Waals surface area contributed by atoms with Gasteiger partial charge < -0.3 is 11.1 Å². The van der Waals surface area contributed by atoms with Gasteiger partial charge in [0.05, 0.1) is 5.69 Å². The van der Waals surface area contributed by atoms with E-state index in [2.05, 4.69) is 34.7 Å². The second-order valence-electron chi connectivity index (χ2n) is 5.49. The highest BCUT2D eigenvalue weighted by molar-refractivity contribution is 5.40. The molecule has 3 rings (SSSR count). The molecule has 0 saturated heterocycles. The molecule has 3 N–H and O–H groups in total. The lowest BCUT2D eigenvalue weighted by Crippen LogP contribution is -2.35. The minimum Gasteiger partial charge on any atom is -0.330 e. The van der Waals surface area contributed by atoms with Crippen molar-refractivity contribution in [3.8, 4) is 5.69 Å². The molecule has 1 heterocycles. The Balaban J connectivity index is 1.72. The van der Waals surface area contributed by atoms with Gasteiger partial charge in [0.1, 0.15) is 0 Å². The number of nitrogens with two attached hydrogens (primary N) is 1. The van der Waals surface area contributed by atoms with Gasteiger partial charge in [-0.15, -0.1) is 0 Å². The molecule has 1 aromatic heterocycles. The van der Waals surface area contributed by atoms with Crippen LogP contribution in [-0.2, 0) is 6.54 Å². The number of hydrogen-bond acceptors (Lipinski definition) is 3. The minimum absolute atomic E-state index is 0.561. The van der Waals surface area contributed by atoms with Crippen LogP contribution in [0.4, 0.5) is 0 Å². The molecule has 1 aliphatic rings. The van der Waals surface area contributed by atoms with E-state index in [1.54, 1.807) is 0 Å². The van der Waals surface area contributed by atoms with Gasteiger partial charge in [0, 0.05) is 25.0 Å². The molecule has 2 unspecified atom stereocenters. The molecule has 20 heavy (non-hydrogen) atoms. The highest BCUT2D eigenvalue weighted by atomic mass is 15.3. The molecule has 0 aliphatic heterocycles. The first kappa shape index (κ1) is 13.3. The Morgan fingerprint density at radius 1 is 1.25 bits per heavy atom. The number of benzene rings is 1. The van der Waals surface area contributed by atoms with E-state index in [9.17, 15) is 0 Å². The van der Waals surface area contributed by atoms with Gasteiger partial charge in [0.15, 0.2) is 0 Å². The van der Waals surface area contributed by atoms with Gasteiger partial charge in [0.25, 0.3) is 0 Å². The van der Waals surface area contributed by atoms with E-state index in [1.807, 2.05) is 23.1 Å². The van der Waals surface area contributed by atoms with Crippen LogP contribution in [0.1, 0.15) is 24.8 Å². The molecule has 1 aliphatic carbocycles. The SMILES string of the molecule is NCC1CCCC1NCc1ccccc1-n1cccn1. The second-order valence-corrected chi connectivity index (χ2v) is 5.49. The summed E-state index contributed by atoms with van der Waals surface area (Å²) >= 11 is 0. The lowest BCUT2D eigenvalue weighted by molar-refractivity contribution is 0.406. The van der Waals surface area contributed by atoms with Crippen LogP contribution in [0.2, 0.25) is 0 Å². The van der Waals surface area contributed by atoms with Crippen molar-refractivity contribution >= 4 is 0 Å². The molecule has 1 saturated carbocycles. The fourth-order valence-electron chi connectivity index (χ4n) is 3.12. The third kappa shape index (κ3) is 2.76. The second kappa shape index (κ2) is 6.20. The molecular formula is C16H22N4. The molecule has 0 bridgehead atoms. The lowest BCUT2D eigenvalue weighted by Gasteiger charge is -2.20. The predicted octanol–water partition coefficient (Wildman–Crippen LogP) is 2.09. The Hall–Kier alpha value is -1.65. The summed E-state index contributed by atoms with van der Waals surface area (Å²) in [4.78, 5) is 0. The third-order valence-corrected chi connectivity index (χ3v) is 4.26. The maximum atomic E-state index is 5.85. The quantitative estimate of drug-likeness (QED) is 0.874. The van der Waals surface area contributed by atoms with Crippen LogP contribution in [0.5, 0.6) is 0 Å². The maximum Gasteiger partial charge on any atom is 0.0690 e. The Kier molecular flexibility index (Phi) is 4.14. The Morgan fingerprint density at radius 2 is 2.15 bits per heavy atom. The summed E-state index contributed by atoms with van der Waals surface area (Å²) < 4.78 is 1.92. The summed E-state index contributed by atoms with van der Waals surface area (Å²) in [6.45, 7) is 1.66. The van der Waals surface area contributed by atoms with Gasteiger partial charge in [-0.25, -0.2) is 4.68 Å². The fraction of sp³-hybridized carbons (Fsp3) is 0.438. The van der Waals surface area contributed by atoms with Gasteiger partial charge in [0.2, 0.25) is 0 Å². The molecule has 2 atom stereocenters. The van der Waals surface area contributed by atoms with Gasteiger partial charge >= 0.3 is 0 Å². The minimum atomic E-state index is 0.561. The molecule has 0 radical (unpaired) electrons. The average Bonchev–Trinajstić information content (AvgIpc) is 3.16. The molecular weight excluding hydrogens is 248 g/mol. The highest BCUT2D eigenvalue weighted by Crippen LogP contribution is 2.25. The van der Waals surface area contributed by atoms with Crippen molar-refractivity contribution in [1.82, 2.24) is 15.1 Å². The zero-order valence-electron chi connectivity index (χ0n) is 11.7. The normalized spacial score (nSPS) is 22.2. The van der Waals surface area contributed by atoms with E-state index in [1.165, 1.54) is 24.8 Å². The van der Waals surface area contributed by atoms with Gasteiger partial charge in [-0.3, -0.25) is 0 Å². The number of para-hydroxylation sites is 1. The first-order chi connectivity index (χ1) is 9.88. The summed E-state index contributed by atoms with van der Waals surface area (Å²) in [5.41, 5.74) is 8.27. The van der Waals surface area contributed by atoms with Crippen molar-refractivity contribution < 1.29 is 0 Å². The van der Waals surface area contributed by atoms with Crippen LogP contribution in [0.3, 0.4) is 0 Å².